The molecular formula is C12H9N5O3. The topological polar surface area (TPSA) is 112 Å². The summed E-state index contributed by atoms with van der Waals surface area (Å²) in [5.41, 5.74) is 7.22. The fourth-order valence-electron chi connectivity index (χ4n) is 1.78. The average Bonchev–Trinajstić information content (AvgIpc) is 3.00. The molecule has 3 rings (SSSR count). The molecule has 20 heavy (non-hydrogen) atoms. The quantitative estimate of drug-likeness (QED) is 0.444. The van der Waals surface area contributed by atoms with E-state index < -0.39 is 4.92 Å². The number of anilines is 1. The SMILES string of the molecule is Nc1nc2ccccc2n1/N=C\c1ccc([N+](=O)[O-])o1. The number of imidazole rings is 1. The van der Waals surface area contributed by atoms with Gasteiger partial charge in [-0.2, -0.15) is 9.78 Å². The van der Waals surface area contributed by atoms with Gasteiger partial charge in [0.1, 0.15) is 4.92 Å². The van der Waals surface area contributed by atoms with Crippen LogP contribution in [0, 0.1) is 10.1 Å². The lowest BCUT2D eigenvalue weighted by atomic mass is 10.3. The number of nitrogen functional groups attached to an aromatic ring is 1. The number of aromatic nitrogens is 2. The molecule has 2 aromatic heterocycles. The minimum atomic E-state index is -0.613. The first-order chi connectivity index (χ1) is 9.65. The van der Waals surface area contributed by atoms with E-state index in [4.69, 9.17) is 10.2 Å². The second kappa shape index (κ2) is 4.50. The number of para-hydroxylation sites is 2. The summed E-state index contributed by atoms with van der Waals surface area (Å²) in [5, 5.41) is 14.6. The number of furan rings is 1. The lowest BCUT2D eigenvalue weighted by molar-refractivity contribution is -0.402. The molecule has 8 heteroatoms. The Morgan fingerprint density at radius 1 is 1.35 bits per heavy atom. The predicted molar refractivity (Wildman–Crippen MR) is 72.5 cm³/mol. The Kier molecular flexibility index (Phi) is 2.68. The van der Waals surface area contributed by atoms with Gasteiger partial charge in [0, 0.05) is 0 Å². The van der Waals surface area contributed by atoms with Gasteiger partial charge in [-0.25, -0.2) is 4.98 Å². The molecule has 0 aliphatic carbocycles. The van der Waals surface area contributed by atoms with Crippen molar-refractivity contribution in [3.8, 4) is 0 Å². The minimum absolute atomic E-state index is 0.225. The van der Waals surface area contributed by atoms with Crippen molar-refractivity contribution in [3.05, 3.63) is 52.3 Å². The van der Waals surface area contributed by atoms with E-state index in [2.05, 4.69) is 10.1 Å². The third-order valence-corrected chi connectivity index (χ3v) is 2.65. The molecule has 0 fully saturated rings. The van der Waals surface area contributed by atoms with Gasteiger partial charge in [0.25, 0.3) is 0 Å². The molecule has 2 N–H and O–H groups in total. The molecule has 0 saturated carbocycles. The van der Waals surface area contributed by atoms with Crippen LogP contribution in [0.3, 0.4) is 0 Å². The summed E-state index contributed by atoms with van der Waals surface area (Å²) in [5.74, 6) is 0.146. The monoisotopic (exact) mass is 271 g/mol. The molecule has 0 bridgehead atoms. The number of hydrogen-bond acceptors (Lipinski definition) is 6. The fourth-order valence-corrected chi connectivity index (χ4v) is 1.78. The molecule has 3 aromatic rings. The Bertz CT molecular complexity index is 817. The average molecular weight is 271 g/mol. The van der Waals surface area contributed by atoms with Gasteiger partial charge in [-0.15, -0.1) is 0 Å². The summed E-state index contributed by atoms with van der Waals surface area (Å²) in [6.45, 7) is 0. The van der Waals surface area contributed by atoms with Crippen molar-refractivity contribution in [1.82, 2.24) is 9.66 Å². The zero-order valence-electron chi connectivity index (χ0n) is 10.1. The van der Waals surface area contributed by atoms with Crippen LogP contribution in [-0.2, 0) is 0 Å². The molecule has 0 saturated heterocycles. The van der Waals surface area contributed by atoms with E-state index in [1.165, 1.54) is 23.0 Å². The Morgan fingerprint density at radius 3 is 2.90 bits per heavy atom. The van der Waals surface area contributed by atoms with Crippen LogP contribution >= 0.6 is 0 Å². The van der Waals surface area contributed by atoms with Crippen LogP contribution in [0.2, 0.25) is 0 Å². The summed E-state index contributed by atoms with van der Waals surface area (Å²) >= 11 is 0. The zero-order chi connectivity index (χ0) is 14.1. The van der Waals surface area contributed by atoms with Gasteiger partial charge in [0.2, 0.25) is 5.95 Å². The van der Waals surface area contributed by atoms with E-state index in [1.807, 2.05) is 24.3 Å². The summed E-state index contributed by atoms with van der Waals surface area (Å²) in [6, 6.07) is 10.0. The molecule has 0 atom stereocenters. The third-order valence-electron chi connectivity index (χ3n) is 2.65. The normalized spacial score (nSPS) is 11.4. The standard InChI is InChI=1S/C12H9N5O3/c13-12-15-9-3-1-2-4-10(9)16(12)14-7-8-5-6-11(20-8)17(18)19/h1-7H,(H2,13,15)/b14-7-. The molecule has 0 aliphatic rings. The van der Waals surface area contributed by atoms with Crippen molar-refractivity contribution < 1.29 is 9.34 Å². The number of nitro groups is 1. The van der Waals surface area contributed by atoms with Crippen molar-refractivity contribution in [2.75, 3.05) is 5.73 Å². The highest BCUT2D eigenvalue weighted by Gasteiger charge is 2.11. The first kappa shape index (κ1) is 11.9. The maximum absolute atomic E-state index is 10.5. The molecule has 0 radical (unpaired) electrons. The third kappa shape index (κ3) is 1.99. The van der Waals surface area contributed by atoms with Crippen LogP contribution in [0.5, 0.6) is 0 Å². The highest BCUT2D eigenvalue weighted by atomic mass is 16.6. The van der Waals surface area contributed by atoms with Crippen LogP contribution < -0.4 is 5.73 Å². The van der Waals surface area contributed by atoms with Crippen LogP contribution in [-0.4, -0.2) is 20.8 Å². The molecule has 0 unspecified atom stereocenters. The second-order valence-corrected chi connectivity index (χ2v) is 3.95. The molecule has 0 spiro atoms. The number of nitrogens with two attached hydrogens (primary N) is 1. The fraction of sp³-hybridized carbons (Fsp3) is 0. The second-order valence-electron chi connectivity index (χ2n) is 3.95. The maximum Gasteiger partial charge on any atom is 0.433 e. The van der Waals surface area contributed by atoms with E-state index >= 15 is 0 Å². The molecular weight excluding hydrogens is 262 g/mol. The highest BCUT2D eigenvalue weighted by molar-refractivity contribution is 5.81. The van der Waals surface area contributed by atoms with Crippen molar-refractivity contribution >= 4 is 29.1 Å². The maximum atomic E-state index is 10.5. The number of rotatable bonds is 3. The smallest absolute Gasteiger partial charge is 0.400 e. The van der Waals surface area contributed by atoms with Crippen molar-refractivity contribution in [2.45, 2.75) is 0 Å². The van der Waals surface area contributed by atoms with E-state index in [0.717, 1.165) is 5.52 Å². The Hall–Kier alpha value is -3.16. The predicted octanol–water partition coefficient (Wildman–Crippen LogP) is 2.00. The summed E-state index contributed by atoms with van der Waals surface area (Å²) in [6.07, 6.45) is 1.34. The van der Waals surface area contributed by atoms with Gasteiger partial charge in [-0.05, 0) is 18.2 Å². The van der Waals surface area contributed by atoms with E-state index in [1.54, 1.807) is 0 Å². The van der Waals surface area contributed by atoms with Crippen molar-refractivity contribution in [3.63, 3.8) is 0 Å². The van der Waals surface area contributed by atoms with Gasteiger partial charge < -0.3 is 10.2 Å². The van der Waals surface area contributed by atoms with Gasteiger partial charge in [-0.3, -0.25) is 10.1 Å². The van der Waals surface area contributed by atoms with Gasteiger partial charge in [0.05, 0.1) is 23.3 Å². The van der Waals surface area contributed by atoms with E-state index in [-0.39, 0.29) is 17.6 Å². The Labute approximate surface area is 112 Å². The lowest BCUT2D eigenvalue weighted by Gasteiger charge is -1.96. The minimum Gasteiger partial charge on any atom is -0.400 e. The van der Waals surface area contributed by atoms with Crippen LogP contribution in [0.4, 0.5) is 11.8 Å². The molecule has 1 aromatic carbocycles. The van der Waals surface area contributed by atoms with Gasteiger partial charge >= 0.3 is 5.88 Å². The van der Waals surface area contributed by atoms with Crippen LogP contribution in [0.15, 0.2) is 45.9 Å². The van der Waals surface area contributed by atoms with Crippen molar-refractivity contribution in [1.29, 1.82) is 0 Å². The number of hydrogen-bond donors (Lipinski definition) is 1. The zero-order valence-corrected chi connectivity index (χ0v) is 10.1. The first-order valence-corrected chi connectivity index (χ1v) is 5.67. The van der Waals surface area contributed by atoms with Crippen molar-refractivity contribution in [2.24, 2.45) is 5.10 Å². The highest BCUT2D eigenvalue weighted by Crippen LogP contribution is 2.18. The van der Waals surface area contributed by atoms with E-state index in [0.29, 0.717) is 5.52 Å². The molecule has 0 amide bonds. The lowest BCUT2D eigenvalue weighted by Crippen LogP contribution is -1.97. The number of fused-ring (bicyclic) bond motifs is 1. The molecule has 0 aliphatic heterocycles. The molecule has 8 nitrogen and oxygen atoms in total. The van der Waals surface area contributed by atoms with Crippen LogP contribution in [0.25, 0.3) is 11.0 Å². The Balaban J connectivity index is 1.97. The van der Waals surface area contributed by atoms with E-state index in [9.17, 15) is 10.1 Å². The largest absolute Gasteiger partial charge is 0.433 e. The number of nitrogens with zero attached hydrogens (tertiary/aromatic N) is 4. The Morgan fingerprint density at radius 2 is 2.15 bits per heavy atom. The summed E-state index contributed by atoms with van der Waals surface area (Å²) in [4.78, 5) is 14.0. The first-order valence-electron chi connectivity index (χ1n) is 5.67. The van der Waals surface area contributed by atoms with Gasteiger partial charge in [-0.1, -0.05) is 12.1 Å². The summed E-state index contributed by atoms with van der Waals surface area (Å²) in [7, 11) is 0. The number of benzene rings is 1. The molecule has 2 heterocycles. The van der Waals surface area contributed by atoms with Crippen LogP contribution in [0.1, 0.15) is 5.76 Å². The molecule has 100 valence electrons. The van der Waals surface area contributed by atoms with Gasteiger partial charge in [0.15, 0.2) is 5.76 Å². The summed E-state index contributed by atoms with van der Waals surface area (Å²) < 4.78 is 6.41.